The van der Waals surface area contributed by atoms with Crippen molar-refractivity contribution < 1.29 is 32.2 Å². The van der Waals surface area contributed by atoms with Gasteiger partial charge in [0.25, 0.3) is 0 Å². The number of fused-ring (bicyclic) bond motifs is 1. The Balaban J connectivity index is 0.000000291. The Morgan fingerprint density at radius 2 is 1.35 bits per heavy atom. The van der Waals surface area contributed by atoms with Crippen LogP contribution < -0.4 is 11.1 Å². The Hall–Kier alpha value is -3.83. The molecule has 31 heavy (non-hydrogen) atoms. The van der Waals surface area contributed by atoms with Crippen LogP contribution in [0.4, 0.5) is 13.2 Å². The molecule has 0 amide bonds. The van der Waals surface area contributed by atoms with Crippen LogP contribution in [0.5, 0.6) is 0 Å². The van der Waals surface area contributed by atoms with Gasteiger partial charge < -0.3 is 24.0 Å². The van der Waals surface area contributed by atoms with Crippen LogP contribution >= 0.6 is 0 Å². The molecule has 0 saturated heterocycles. The summed E-state index contributed by atoms with van der Waals surface area (Å²) >= 11 is 0. The number of esters is 2. The number of rotatable bonds is 3. The van der Waals surface area contributed by atoms with Gasteiger partial charge in [-0.2, -0.15) is 13.2 Å². The summed E-state index contributed by atoms with van der Waals surface area (Å²) in [4.78, 5) is 47.8. The number of hydrogen-bond acceptors (Lipinski definition) is 6. The number of aromatic amines is 2. The van der Waals surface area contributed by atoms with E-state index in [1.807, 2.05) is 0 Å². The van der Waals surface area contributed by atoms with Crippen molar-refractivity contribution in [2.45, 2.75) is 20.0 Å². The Kier molecular flexibility index (Phi) is 7.40. The number of nitrogens with zero attached hydrogens (tertiary/aromatic N) is 1. The maximum Gasteiger partial charge on any atom is 0.418 e. The second-order valence-corrected chi connectivity index (χ2v) is 5.85. The highest BCUT2D eigenvalue weighted by Gasteiger charge is 2.34. The van der Waals surface area contributed by atoms with Gasteiger partial charge in [0.1, 0.15) is 0 Å². The molecule has 12 heteroatoms. The van der Waals surface area contributed by atoms with Crippen LogP contribution in [0.1, 0.15) is 19.4 Å². The number of nitrogens with one attached hydrogen (secondary N) is 2. The second-order valence-electron chi connectivity index (χ2n) is 5.85. The molecule has 3 rings (SSSR count). The lowest BCUT2D eigenvalue weighted by atomic mass is 10.1. The summed E-state index contributed by atoms with van der Waals surface area (Å²) in [5.74, 6) is -1.85. The third-order valence-electron chi connectivity index (χ3n) is 3.74. The van der Waals surface area contributed by atoms with E-state index in [4.69, 9.17) is 0 Å². The molecular weight excluding hydrogens is 423 g/mol. The van der Waals surface area contributed by atoms with E-state index in [0.717, 1.165) is 6.07 Å². The number of halogens is 3. The van der Waals surface area contributed by atoms with Gasteiger partial charge in [-0.1, -0.05) is 0 Å². The summed E-state index contributed by atoms with van der Waals surface area (Å²) in [6.07, 6.45) is -1.68. The van der Waals surface area contributed by atoms with E-state index < -0.39 is 34.8 Å². The number of carbonyl (C=O) groups is 2. The van der Waals surface area contributed by atoms with E-state index in [0.29, 0.717) is 0 Å². The molecule has 0 saturated carbocycles. The first-order valence-electron chi connectivity index (χ1n) is 8.93. The van der Waals surface area contributed by atoms with Crippen LogP contribution in [0.25, 0.3) is 16.7 Å². The van der Waals surface area contributed by atoms with Crippen molar-refractivity contribution >= 4 is 23.0 Å². The Labute approximate surface area is 172 Å². The van der Waals surface area contributed by atoms with E-state index in [2.05, 4.69) is 19.4 Å². The van der Waals surface area contributed by atoms with Crippen molar-refractivity contribution in [3.8, 4) is 5.69 Å². The molecule has 0 aliphatic carbocycles. The zero-order valence-electron chi connectivity index (χ0n) is 16.4. The van der Waals surface area contributed by atoms with E-state index >= 15 is 0 Å². The van der Waals surface area contributed by atoms with Gasteiger partial charge in [-0.25, -0.2) is 9.59 Å². The molecule has 2 N–H and O–H groups in total. The van der Waals surface area contributed by atoms with Gasteiger partial charge in [-0.15, -0.1) is 0 Å². The van der Waals surface area contributed by atoms with Gasteiger partial charge in [-0.05, 0) is 38.1 Å². The van der Waals surface area contributed by atoms with Crippen LogP contribution in [0, 0.1) is 0 Å². The summed E-state index contributed by atoms with van der Waals surface area (Å²) in [5.41, 5.74) is -2.92. The number of carbonyl (C=O) groups excluding carboxylic acids is 2. The minimum atomic E-state index is -4.60. The van der Waals surface area contributed by atoms with Gasteiger partial charge in [0.2, 0.25) is 0 Å². The molecule has 0 aliphatic rings. The third kappa shape index (κ3) is 5.84. The minimum absolute atomic E-state index is 0.0807. The Morgan fingerprint density at radius 3 is 1.77 bits per heavy atom. The van der Waals surface area contributed by atoms with E-state index in [9.17, 15) is 32.3 Å². The average molecular weight is 441 g/mol. The molecule has 0 atom stereocenters. The van der Waals surface area contributed by atoms with Gasteiger partial charge in [-0.3, -0.25) is 9.59 Å². The lowest BCUT2D eigenvalue weighted by molar-refractivity contribution is -0.167. The number of benzene rings is 1. The molecular formula is C19H18F3N3O6. The summed E-state index contributed by atoms with van der Waals surface area (Å²) in [5, 5.41) is 0. The quantitative estimate of drug-likeness (QED) is 0.474. The Bertz CT molecular complexity index is 1160. The lowest BCUT2D eigenvalue weighted by Crippen LogP contribution is -2.29. The van der Waals surface area contributed by atoms with Crippen molar-refractivity contribution in [3.05, 3.63) is 62.9 Å². The van der Waals surface area contributed by atoms with Crippen molar-refractivity contribution in [2.24, 2.45) is 0 Å². The fourth-order valence-corrected chi connectivity index (χ4v) is 2.47. The van der Waals surface area contributed by atoms with Crippen molar-refractivity contribution in [1.29, 1.82) is 0 Å². The molecule has 0 bridgehead atoms. The molecule has 166 valence electrons. The van der Waals surface area contributed by atoms with Crippen LogP contribution in [-0.4, -0.2) is 39.7 Å². The first kappa shape index (κ1) is 23.4. The molecule has 0 spiro atoms. The fraction of sp³-hybridized carbons (Fsp3) is 0.263. The summed E-state index contributed by atoms with van der Waals surface area (Å²) in [6, 6.07) is 5.15. The average Bonchev–Trinajstić information content (AvgIpc) is 3.23. The van der Waals surface area contributed by atoms with Crippen molar-refractivity contribution in [1.82, 2.24) is 14.5 Å². The summed E-state index contributed by atoms with van der Waals surface area (Å²) in [7, 11) is 0. The normalized spacial score (nSPS) is 10.9. The maximum atomic E-state index is 13.2. The van der Waals surface area contributed by atoms with Gasteiger partial charge in [0.05, 0.1) is 35.5 Å². The highest BCUT2D eigenvalue weighted by atomic mass is 19.4. The number of hydrogen-bond donors (Lipinski definition) is 2. The third-order valence-corrected chi connectivity index (χ3v) is 3.74. The van der Waals surface area contributed by atoms with E-state index in [-0.39, 0.29) is 29.9 Å². The zero-order chi connectivity index (χ0) is 23.2. The molecule has 0 radical (unpaired) electrons. The van der Waals surface area contributed by atoms with Gasteiger partial charge >= 0.3 is 29.2 Å². The lowest BCUT2D eigenvalue weighted by Gasteiger charge is -2.14. The number of aromatic nitrogens is 3. The molecule has 1 aromatic carbocycles. The molecule has 0 unspecified atom stereocenters. The van der Waals surface area contributed by atoms with Gasteiger partial charge in [0, 0.05) is 12.4 Å². The van der Waals surface area contributed by atoms with Crippen molar-refractivity contribution in [3.63, 3.8) is 0 Å². The highest BCUT2D eigenvalue weighted by Crippen LogP contribution is 2.35. The van der Waals surface area contributed by atoms with Crippen molar-refractivity contribution in [2.75, 3.05) is 13.2 Å². The number of alkyl halides is 3. The number of ether oxygens (including phenoxy) is 2. The second kappa shape index (κ2) is 9.78. The predicted octanol–water partition coefficient (Wildman–Crippen LogP) is 2.14. The van der Waals surface area contributed by atoms with E-state index in [1.165, 1.54) is 23.0 Å². The van der Waals surface area contributed by atoms with Crippen LogP contribution in [-0.2, 0) is 25.2 Å². The first-order chi connectivity index (χ1) is 14.6. The van der Waals surface area contributed by atoms with Crippen LogP contribution in [0.3, 0.4) is 0 Å². The van der Waals surface area contributed by atoms with E-state index in [1.54, 1.807) is 26.0 Å². The van der Waals surface area contributed by atoms with Gasteiger partial charge in [0.15, 0.2) is 0 Å². The maximum absolute atomic E-state index is 13.2. The molecule has 2 aromatic heterocycles. The predicted molar refractivity (Wildman–Crippen MR) is 103 cm³/mol. The molecule has 9 nitrogen and oxygen atoms in total. The SMILES string of the molecule is CCOC(=O)C(=O)OCC.O=c1[nH]c2cc(-n3cccc3)c(C(F)(F)F)cc2[nH]c1=O. The number of H-pyrrole nitrogens is 2. The summed E-state index contributed by atoms with van der Waals surface area (Å²) < 4.78 is 49.5. The smallest absolute Gasteiger partial charge is 0.418 e. The first-order valence-corrected chi connectivity index (χ1v) is 8.93. The molecule has 3 aromatic rings. The standard InChI is InChI=1S/C13H8F3N3O2.C6H10O4/c14-13(15,16)7-5-8-9(18-12(21)11(20)17-8)6-10(7)19-3-1-2-4-19;1-3-9-5(7)6(8)10-4-2/h1-6H,(H,17,20)(H,18,21);3-4H2,1-2H3. The highest BCUT2D eigenvalue weighted by molar-refractivity contribution is 6.29. The molecule has 2 heterocycles. The zero-order valence-corrected chi connectivity index (χ0v) is 16.4. The monoisotopic (exact) mass is 441 g/mol. The topological polar surface area (TPSA) is 123 Å². The van der Waals surface area contributed by atoms with Crippen LogP contribution in [0.2, 0.25) is 0 Å². The summed E-state index contributed by atoms with van der Waals surface area (Å²) in [6.45, 7) is 3.63. The molecule has 0 fully saturated rings. The Morgan fingerprint density at radius 1 is 0.903 bits per heavy atom. The van der Waals surface area contributed by atoms with Crippen LogP contribution in [0.15, 0.2) is 46.2 Å². The molecule has 0 aliphatic heterocycles. The largest absolute Gasteiger partial charge is 0.458 e. The minimum Gasteiger partial charge on any atom is -0.458 e. The fourth-order valence-electron chi connectivity index (χ4n) is 2.47.